The van der Waals surface area contributed by atoms with E-state index < -0.39 is 0 Å². The van der Waals surface area contributed by atoms with E-state index in [1.54, 1.807) is 12.4 Å². The number of rotatable bonds is 7. The Morgan fingerprint density at radius 2 is 1.90 bits per heavy atom. The minimum absolute atomic E-state index is 0.166. The van der Waals surface area contributed by atoms with Crippen molar-refractivity contribution < 1.29 is 4.74 Å². The van der Waals surface area contributed by atoms with Gasteiger partial charge in [0.25, 0.3) is 0 Å². The lowest BCUT2D eigenvalue weighted by molar-refractivity contribution is 0.292. The highest BCUT2D eigenvalue weighted by Crippen LogP contribution is 2.16. The van der Waals surface area contributed by atoms with Crippen LogP contribution in [0.2, 0.25) is 0 Å². The maximum atomic E-state index is 5.74. The van der Waals surface area contributed by atoms with Crippen molar-refractivity contribution in [1.82, 2.24) is 19.9 Å². The van der Waals surface area contributed by atoms with Gasteiger partial charge < -0.3 is 15.4 Å². The van der Waals surface area contributed by atoms with Crippen LogP contribution in [0.25, 0.3) is 0 Å². The predicted octanol–water partition coefficient (Wildman–Crippen LogP) is 1.66. The molecule has 0 saturated carbocycles. The summed E-state index contributed by atoms with van der Waals surface area (Å²) < 4.78 is 5.44. The molecular weight excluding hydrogens is 268 g/mol. The average molecular weight is 288 g/mol. The lowest BCUT2D eigenvalue weighted by Gasteiger charge is -2.21. The molecule has 2 rings (SSSR count). The van der Waals surface area contributed by atoms with Gasteiger partial charge in [-0.1, -0.05) is 6.92 Å². The summed E-state index contributed by atoms with van der Waals surface area (Å²) in [6, 6.07) is 4.19. The molecule has 2 aromatic rings. The van der Waals surface area contributed by atoms with Gasteiger partial charge in [0.05, 0.1) is 6.61 Å². The van der Waals surface area contributed by atoms with Gasteiger partial charge in [-0.05, 0) is 31.0 Å². The lowest BCUT2D eigenvalue weighted by atomic mass is 10.2. The zero-order valence-electron chi connectivity index (χ0n) is 12.4. The summed E-state index contributed by atoms with van der Waals surface area (Å²) in [6.45, 7) is 6.04. The summed E-state index contributed by atoms with van der Waals surface area (Å²) in [5.41, 5.74) is 6.86. The first-order valence-corrected chi connectivity index (χ1v) is 7.01. The molecule has 0 aliphatic rings. The maximum absolute atomic E-state index is 5.74. The van der Waals surface area contributed by atoms with Crippen molar-refractivity contribution in [3.63, 3.8) is 0 Å². The molecule has 0 saturated heterocycles. The molecule has 0 amide bonds. The first-order valence-electron chi connectivity index (χ1n) is 7.01. The Morgan fingerprint density at radius 3 is 2.57 bits per heavy atom. The Balaban J connectivity index is 2.19. The summed E-state index contributed by atoms with van der Waals surface area (Å²) in [4.78, 5) is 18.5. The Morgan fingerprint density at radius 1 is 1.14 bits per heavy atom. The molecule has 0 spiro atoms. The number of pyridine rings is 1. The van der Waals surface area contributed by atoms with E-state index in [1.165, 1.54) is 0 Å². The van der Waals surface area contributed by atoms with Crippen molar-refractivity contribution >= 4 is 11.9 Å². The second kappa shape index (κ2) is 7.37. The number of aromatic nitrogens is 4. The van der Waals surface area contributed by atoms with Crippen molar-refractivity contribution in [3.8, 4) is 6.01 Å². The van der Waals surface area contributed by atoms with Crippen LogP contribution in [-0.4, -0.2) is 33.1 Å². The summed E-state index contributed by atoms with van der Waals surface area (Å²) >= 11 is 0. The Kier molecular flexibility index (Phi) is 5.25. The number of ether oxygens (including phenoxy) is 1. The molecule has 0 fully saturated rings. The number of nitrogens with two attached hydrogens (primary N) is 1. The fourth-order valence-corrected chi connectivity index (χ4v) is 1.79. The van der Waals surface area contributed by atoms with Crippen LogP contribution in [-0.2, 0) is 6.54 Å². The Bertz CT molecular complexity index is 563. The molecule has 2 aromatic heterocycles. The zero-order valence-corrected chi connectivity index (χ0v) is 12.4. The van der Waals surface area contributed by atoms with Gasteiger partial charge in [0.2, 0.25) is 11.9 Å². The normalized spacial score (nSPS) is 10.4. The Labute approximate surface area is 124 Å². The highest BCUT2D eigenvalue weighted by atomic mass is 16.5. The molecule has 0 bridgehead atoms. The SMILES string of the molecule is CCCOc1nc(N)nc(N(CC)Cc2ccncc2)n1. The third-order valence-corrected chi connectivity index (χ3v) is 2.84. The van der Waals surface area contributed by atoms with Gasteiger partial charge in [-0.2, -0.15) is 15.0 Å². The molecular formula is C14H20N6O. The van der Waals surface area contributed by atoms with Gasteiger partial charge in [0, 0.05) is 25.5 Å². The number of hydrogen-bond acceptors (Lipinski definition) is 7. The third-order valence-electron chi connectivity index (χ3n) is 2.84. The van der Waals surface area contributed by atoms with E-state index in [-0.39, 0.29) is 12.0 Å². The molecule has 0 unspecified atom stereocenters. The fraction of sp³-hybridized carbons (Fsp3) is 0.429. The summed E-state index contributed by atoms with van der Waals surface area (Å²) in [7, 11) is 0. The number of nitrogens with zero attached hydrogens (tertiary/aromatic N) is 5. The van der Waals surface area contributed by atoms with E-state index in [4.69, 9.17) is 10.5 Å². The quantitative estimate of drug-likeness (QED) is 0.828. The molecule has 2 heterocycles. The van der Waals surface area contributed by atoms with Crippen LogP contribution in [0.3, 0.4) is 0 Å². The van der Waals surface area contributed by atoms with E-state index in [2.05, 4.69) is 19.9 Å². The molecule has 0 aliphatic carbocycles. The molecule has 21 heavy (non-hydrogen) atoms. The van der Waals surface area contributed by atoms with Crippen LogP contribution >= 0.6 is 0 Å². The first kappa shape index (κ1) is 15.0. The van der Waals surface area contributed by atoms with Gasteiger partial charge >= 0.3 is 6.01 Å². The first-order chi connectivity index (χ1) is 10.2. The topological polar surface area (TPSA) is 90.0 Å². The second-order valence-corrected chi connectivity index (χ2v) is 4.49. The molecule has 0 aliphatic heterocycles. The summed E-state index contributed by atoms with van der Waals surface area (Å²) in [6.07, 6.45) is 4.41. The lowest BCUT2D eigenvalue weighted by Crippen LogP contribution is -2.25. The Hall–Kier alpha value is -2.44. The smallest absolute Gasteiger partial charge is 0.323 e. The van der Waals surface area contributed by atoms with Crippen molar-refractivity contribution in [3.05, 3.63) is 30.1 Å². The van der Waals surface area contributed by atoms with Gasteiger partial charge in [-0.3, -0.25) is 4.98 Å². The highest BCUT2D eigenvalue weighted by Gasteiger charge is 2.12. The number of anilines is 2. The largest absolute Gasteiger partial charge is 0.463 e. The number of nitrogen functional groups attached to an aromatic ring is 1. The van der Waals surface area contributed by atoms with Crippen LogP contribution < -0.4 is 15.4 Å². The monoisotopic (exact) mass is 288 g/mol. The van der Waals surface area contributed by atoms with Crippen molar-refractivity contribution in [1.29, 1.82) is 0 Å². The van der Waals surface area contributed by atoms with Crippen molar-refractivity contribution in [2.45, 2.75) is 26.8 Å². The van der Waals surface area contributed by atoms with Crippen LogP contribution in [0.5, 0.6) is 6.01 Å². The van der Waals surface area contributed by atoms with Crippen LogP contribution in [0.4, 0.5) is 11.9 Å². The standard InChI is InChI=1S/C14H20N6O/c1-3-9-21-14-18-12(15)17-13(19-14)20(4-2)10-11-5-7-16-8-6-11/h5-8H,3-4,9-10H2,1-2H3,(H2,15,17,18,19). The minimum atomic E-state index is 0.166. The minimum Gasteiger partial charge on any atom is -0.463 e. The predicted molar refractivity (Wildman–Crippen MR) is 81.0 cm³/mol. The second-order valence-electron chi connectivity index (χ2n) is 4.49. The summed E-state index contributed by atoms with van der Waals surface area (Å²) in [5, 5.41) is 0. The molecule has 0 radical (unpaired) electrons. The van der Waals surface area contributed by atoms with Crippen molar-refractivity contribution in [2.75, 3.05) is 23.8 Å². The molecule has 112 valence electrons. The van der Waals surface area contributed by atoms with Gasteiger partial charge in [-0.25, -0.2) is 0 Å². The summed E-state index contributed by atoms with van der Waals surface area (Å²) in [5.74, 6) is 0.687. The molecule has 0 aromatic carbocycles. The van der Waals surface area contributed by atoms with Gasteiger partial charge in [-0.15, -0.1) is 0 Å². The zero-order chi connectivity index (χ0) is 15.1. The van der Waals surface area contributed by atoms with E-state index in [0.29, 0.717) is 19.1 Å². The van der Waals surface area contributed by atoms with Crippen LogP contribution in [0.15, 0.2) is 24.5 Å². The van der Waals surface area contributed by atoms with Gasteiger partial charge in [0.1, 0.15) is 0 Å². The van der Waals surface area contributed by atoms with E-state index in [0.717, 1.165) is 18.5 Å². The van der Waals surface area contributed by atoms with Crippen LogP contribution in [0, 0.1) is 0 Å². The van der Waals surface area contributed by atoms with E-state index in [1.807, 2.05) is 30.9 Å². The molecule has 2 N–H and O–H groups in total. The number of hydrogen-bond donors (Lipinski definition) is 1. The van der Waals surface area contributed by atoms with Crippen molar-refractivity contribution in [2.24, 2.45) is 0 Å². The molecule has 7 heteroatoms. The average Bonchev–Trinajstić information content (AvgIpc) is 2.51. The van der Waals surface area contributed by atoms with Gasteiger partial charge in [0.15, 0.2) is 0 Å². The van der Waals surface area contributed by atoms with E-state index in [9.17, 15) is 0 Å². The van der Waals surface area contributed by atoms with E-state index >= 15 is 0 Å². The van der Waals surface area contributed by atoms with Crippen LogP contribution in [0.1, 0.15) is 25.8 Å². The molecule has 7 nitrogen and oxygen atoms in total. The fourth-order valence-electron chi connectivity index (χ4n) is 1.79. The maximum Gasteiger partial charge on any atom is 0.323 e. The third kappa shape index (κ3) is 4.27. The highest BCUT2D eigenvalue weighted by molar-refractivity contribution is 5.37. The molecule has 0 atom stereocenters.